The molecule has 1 aromatic carbocycles. The molecule has 0 spiro atoms. The molecule has 1 heterocycles. The molecule has 1 unspecified atom stereocenters. The van der Waals surface area contributed by atoms with Gasteiger partial charge in [0, 0.05) is 24.5 Å². The van der Waals surface area contributed by atoms with Crippen LogP contribution in [0.15, 0.2) is 6.07 Å². The summed E-state index contributed by atoms with van der Waals surface area (Å²) in [6.45, 7) is 13.3. The second-order valence-electron chi connectivity index (χ2n) is 10.0. The lowest BCUT2D eigenvalue weighted by atomic mass is 9.85. The van der Waals surface area contributed by atoms with Gasteiger partial charge < -0.3 is 19.3 Å². The minimum atomic E-state index is -1.51. The Kier molecular flexibility index (Phi) is 8.17. The Labute approximate surface area is 192 Å². The van der Waals surface area contributed by atoms with E-state index in [2.05, 4.69) is 4.72 Å². The van der Waals surface area contributed by atoms with Gasteiger partial charge in [-0.1, -0.05) is 11.6 Å². The summed E-state index contributed by atoms with van der Waals surface area (Å²) in [5, 5.41) is 10.5. The zero-order valence-electron chi connectivity index (χ0n) is 19.3. The molecular formula is C22H34ClFN2O4S. The number of piperidine rings is 1. The van der Waals surface area contributed by atoms with Gasteiger partial charge in [0.15, 0.2) is 5.82 Å². The Hall–Kier alpha value is -1.22. The van der Waals surface area contributed by atoms with Crippen LogP contribution < -0.4 is 4.72 Å². The van der Waals surface area contributed by atoms with E-state index < -0.39 is 33.6 Å². The van der Waals surface area contributed by atoms with E-state index in [1.807, 2.05) is 41.5 Å². The normalized spacial score (nSPS) is 18.1. The van der Waals surface area contributed by atoms with Crippen LogP contribution >= 0.6 is 11.6 Å². The van der Waals surface area contributed by atoms with Gasteiger partial charge in [-0.3, -0.25) is 0 Å². The lowest BCUT2D eigenvalue weighted by molar-refractivity contribution is 0.0171. The minimum absolute atomic E-state index is 0.0175. The molecule has 31 heavy (non-hydrogen) atoms. The first-order chi connectivity index (χ1) is 14.1. The van der Waals surface area contributed by atoms with Gasteiger partial charge >= 0.3 is 6.09 Å². The number of benzene rings is 1. The second kappa shape index (κ2) is 9.73. The van der Waals surface area contributed by atoms with Crippen molar-refractivity contribution in [2.45, 2.75) is 77.7 Å². The first-order valence-corrected chi connectivity index (χ1v) is 12.0. The molecule has 1 aliphatic rings. The molecule has 0 saturated carbocycles. The zero-order valence-corrected chi connectivity index (χ0v) is 20.9. The Morgan fingerprint density at radius 3 is 2.35 bits per heavy atom. The van der Waals surface area contributed by atoms with Crippen molar-refractivity contribution in [1.82, 2.24) is 9.62 Å². The quantitative estimate of drug-likeness (QED) is 0.581. The monoisotopic (exact) mass is 476 g/mol. The molecule has 0 radical (unpaired) electrons. The zero-order chi connectivity index (χ0) is 23.7. The van der Waals surface area contributed by atoms with Crippen LogP contribution in [0.25, 0.3) is 0 Å². The van der Waals surface area contributed by atoms with Crippen LogP contribution in [0.1, 0.15) is 71.6 Å². The van der Waals surface area contributed by atoms with Crippen LogP contribution in [-0.4, -0.2) is 44.1 Å². The van der Waals surface area contributed by atoms with Gasteiger partial charge in [-0.25, -0.2) is 9.18 Å². The SMILES string of the molecule is Cc1cc(O)c([C@H](N[S+]([O-])C(C)(C)C)C2CCN(C(=O)OC(C)(C)C)CC2)c(F)c1Cl. The fourth-order valence-corrected chi connectivity index (χ4v) is 4.52. The number of nitrogens with one attached hydrogen (secondary N) is 1. The highest BCUT2D eigenvalue weighted by molar-refractivity contribution is 7.90. The second-order valence-corrected chi connectivity index (χ2v) is 12.4. The molecule has 1 amide bonds. The van der Waals surface area contributed by atoms with Crippen molar-refractivity contribution in [2.75, 3.05) is 13.1 Å². The Bertz CT molecular complexity index is 802. The highest BCUT2D eigenvalue weighted by atomic mass is 35.5. The maximum Gasteiger partial charge on any atom is 0.410 e. The predicted molar refractivity (Wildman–Crippen MR) is 122 cm³/mol. The van der Waals surface area contributed by atoms with Gasteiger partial charge in [-0.05, 0) is 78.9 Å². The summed E-state index contributed by atoms with van der Waals surface area (Å²) < 4.78 is 35.9. The number of likely N-dealkylation sites (tertiary alicyclic amines) is 1. The Morgan fingerprint density at radius 2 is 1.87 bits per heavy atom. The van der Waals surface area contributed by atoms with Crippen LogP contribution in [0.5, 0.6) is 5.75 Å². The van der Waals surface area contributed by atoms with E-state index in [-0.39, 0.29) is 28.3 Å². The summed E-state index contributed by atoms with van der Waals surface area (Å²) in [6, 6.07) is 0.699. The van der Waals surface area contributed by atoms with Gasteiger partial charge in [0.25, 0.3) is 0 Å². The average Bonchev–Trinajstić information content (AvgIpc) is 2.63. The Morgan fingerprint density at radius 1 is 1.32 bits per heavy atom. The molecule has 2 N–H and O–H groups in total. The van der Waals surface area contributed by atoms with Crippen molar-refractivity contribution in [2.24, 2.45) is 5.92 Å². The van der Waals surface area contributed by atoms with Crippen LogP contribution in [0.4, 0.5) is 9.18 Å². The van der Waals surface area contributed by atoms with Crippen LogP contribution in [0.2, 0.25) is 5.02 Å². The van der Waals surface area contributed by atoms with Crippen molar-refractivity contribution in [3.8, 4) is 5.75 Å². The molecule has 0 aromatic heterocycles. The number of hydrogen-bond acceptors (Lipinski definition) is 5. The molecular weight excluding hydrogens is 443 g/mol. The highest BCUT2D eigenvalue weighted by Gasteiger charge is 2.39. The van der Waals surface area contributed by atoms with Crippen LogP contribution in [0, 0.1) is 18.7 Å². The Balaban J connectivity index is 2.30. The van der Waals surface area contributed by atoms with Gasteiger partial charge in [0.05, 0.1) is 16.6 Å². The number of amides is 1. The van der Waals surface area contributed by atoms with E-state index in [1.54, 1.807) is 11.8 Å². The van der Waals surface area contributed by atoms with Crippen LogP contribution in [-0.2, 0) is 16.1 Å². The summed E-state index contributed by atoms with van der Waals surface area (Å²) in [6.07, 6.45) is 0.673. The number of phenolic OH excluding ortho intramolecular Hbond substituents is 1. The standard InChI is InChI=1S/C22H34ClFN2O4S/c1-13-12-15(27)16(18(24)17(13)23)19(25-31(29)22(5,6)7)14-8-10-26(11-9-14)20(28)30-21(2,3)4/h12,14,19,25,27H,8-11H2,1-7H3/t19-,31?/m1/s1. The van der Waals surface area contributed by atoms with Crippen molar-refractivity contribution in [3.05, 3.63) is 28.0 Å². The third kappa shape index (κ3) is 6.63. The largest absolute Gasteiger partial charge is 0.598 e. The molecule has 1 aliphatic heterocycles. The molecule has 1 aromatic rings. The number of hydrogen-bond donors (Lipinski definition) is 2. The number of halogens is 2. The first kappa shape index (κ1) is 26.0. The number of rotatable bonds is 4. The molecule has 176 valence electrons. The predicted octanol–water partition coefficient (Wildman–Crippen LogP) is 5.23. The van der Waals surface area contributed by atoms with Crippen molar-refractivity contribution >= 4 is 29.1 Å². The first-order valence-electron chi connectivity index (χ1n) is 10.4. The van der Waals surface area contributed by atoms with Gasteiger partial charge in [0.2, 0.25) is 0 Å². The topological polar surface area (TPSA) is 84.9 Å². The van der Waals surface area contributed by atoms with Gasteiger partial charge in [-0.15, -0.1) is 4.72 Å². The van der Waals surface area contributed by atoms with E-state index in [0.29, 0.717) is 31.5 Å². The van der Waals surface area contributed by atoms with Gasteiger partial charge in [0.1, 0.15) is 16.1 Å². The molecule has 0 bridgehead atoms. The lowest BCUT2D eigenvalue weighted by Gasteiger charge is -2.38. The minimum Gasteiger partial charge on any atom is -0.598 e. The molecule has 1 fully saturated rings. The van der Waals surface area contributed by atoms with E-state index >= 15 is 4.39 Å². The summed E-state index contributed by atoms with van der Waals surface area (Å²) in [5.74, 6) is -1.10. The maximum atomic E-state index is 15.2. The van der Waals surface area contributed by atoms with E-state index in [9.17, 15) is 14.5 Å². The van der Waals surface area contributed by atoms with Crippen molar-refractivity contribution in [3.63, 3.8) is 0 Å². The number of nitrogens with zero attached hydrogens (tertiary/aromatic N) is 1. The maximum absolute atomic E-state index is 15.2. The fourth-order valence-electron chi connectivity index (χ4n) is 3.47. The average molecular weight is 477 g/mol. The highest BCUT2D eigenvalue weighted by Crippen LogP contribution is 2.41. The fraction of sp³-hybridized carbons (Fsp3) is 0.682. The molecule has 6 nitrogen and oxygen atoms in total. The smallest absolute Gasteiger partial charge is 0.410 e. The number of carbonyl (C=O) groups excluding carboxylic acids is 1. The lowest BCUT2D eigenvalue weighted by Crippen LogP contribution is -2.47. The van der Waals surface area contributed by atoms with Crippen molar-refractivity contribution < 1.29 is 23.6 Å². The van der Waals surface area contributed by atoms with Crippen LogP contribution in [0.3, 0.4) is 0 Å². The molecule has 2 atom stereocenters. The number of phenols is 1. The number of carbonyl (C=O) groups is 1. The van der Waals surface area contributed by atoms with Crippen molar-refractivity contribution in [1.29, 1.82) is 0 Å². The molecule has 2 rings (SSSR count). The van der Waals surface area contributed by atoms with E-state index in [0.717, 1.165) is 0 Å². The van der Waals surface area contributed by atoms with E-state index in [1.165, 1.54) is 6.07 Å². The van der Waals surface area contributed by atoms with Gasteiger partial charge in [-0.2, -0.15) is 0 Å². The summed E-state index contributed by atoms with van der Waals surface area (Å²) in [5.41, 5.74) is -0.144. The summed E-state index contributed by atoms with van der Waals surface area (Å²) >= 11 is 4.63. The molecule has 0 aliphatic carbocycles. The number of aromatic hydroxyl groups is 1. The number of ether oxygens (including phenoxy) is 1. The molecule has 1 saturated heterocycles. The third-order valence-corrected chi connectivity index (χ3v) is 7.21. The molecule has 9 heteroatoms. The third-order valence-electron chi connectivity index (χ3n) is 5.17. The number of aryl methyl sites for hydroxylation is 1. The summed E-state index contributed by atoms with van der Waals surface area (Å²) in [7, 11) is 0. The summed E-state index contributed by atoms with van der Waals surface area (Å²) in [4.78, 5) is 14.0. The van der Waals surface area contributed by atoms with E-state index in [4.69, 9.17) is 16.3 Å².